The van der Waals surface area contributed by atoms with Crippen molar-refractivity contribution in [2.45, 2.75) is 18.6 Å². The first-order valence-electron chi connectivity index (χ1n) is 5.98. The molecule has 0 atom stereocenters. The highest BCUT2D eigenvalue weighted by atomic mass is 79.9. The van der Waals surface area contributed by atoms with E-state index in [4.69, 9.17) is 5.84 Å². The molecule has 0 saturated carbocycles. The number of halogens is 1. The summed E-state index contributed by atoms with van der Waals surface area (Å²) in [4.78, 5) is 18.6. The topological polar surface area (TPSA) is 71.2 Å². The first-order chi connectivity index (χ1) is 8.93. The van der Waals surface area contributed by atoms with Gasteiger partial charge in [0.1, 0.15) is 0 Å². The number of nitrogen functional groups attached to an aromatic ring is 1. The second kappa shape index (κ2) is 5.68. The molecule has 0 bridgehead atoms. The number of hydrazine groups is 1. The molecule has 1 aromatic heterocycles. The molecule has 3 N–H and O–H groups in total. The smallest absolute Gasteiger partial charge is 0.257 e. The molecular weight excluding hydrogens is 328 g/mol. The summed E-state index contributed by atoms with van der Waals surface area (Å²) < 4.78 is 0.851. The van der Waals surface area contributed by atoms with Gasteiger partial charge in [-0.1, -0.05) is 0 Å². The molecule has 2 rings (SSSR count). The van der Waals surface area contributed by atoms with Crippen molar-refractivity contribution in [3.05, 3.63) is 22.3 Å². The van der Waals surface area contributed by atoms with Gasteiger partial charge in [-0.15, -0.1) is 0 Å². The summed E-state index contributed by atoms with van der Waals surface area (Å²) in [5.41, 5.74) is 2.98. The average molecular weight is 345 g/mol. The number of hydrogen-bond acceptors (Lipinski definition) is 5. The number of thioether (sulfide) groups is 1. The third-order valence-electron chi connectivity index (χ3n) is 2.93. The average Bonchev–Trinajstić information content (AvgIpc) is 2.36. The minimum absolute atomic E-state index is 0.0323. The number of pyridine rings is 1. The van der Waals surface area contributed by atoms with Gasteiger partial charge >= 0.3 is 0 Å². The van der Waals surface area contributed by atoms with E-state index in [0.29, 0.717) is 11.4 Å². The third-order valence-corrected chi connectivity index (χ3v) is 4.67. The van der Waals surface area contributed by atoms with Crippen LogP contribution < -0.4 is 11.3 Å². The Hall–Kier alpha value is -0.790. The summed E-state index contributed by atoms with van der Waals surface area (Å²) >= 11 is 5.23. The van der Waals surface area contributed by atoms with Crippen LogP contribution in [0.4, 0.5) is 5.82 Å². The van der Waals surface area contributed by atoms with E-state index < -0.39 is 0 Å². The normalized spacial score (nSPS) is 18.2. The van der Waals surface area contributed by atoms with Gasteiger partial charge in [-0.2, -0.15) is 11.8 Å². The number of rotatable bonds is 2. The van der Waals surface area contributed by atoms with E-state index in [2.05, 4.69) is 40.2 Å². The van der Waals surface area contributed by atoms with Crippen LogP contribution in [0.1, 0.15) is 24.2 Å². The van der Waals surface area contributed by atoms with Crippen molar-refractivity contribution in [3.63, 3.8) is 0 Å². The number of carbonyl (C=O) groups excluding carboxylic acids is 1. The van der Waals surface area contributed by atoms with Crippen molar-refractivity contribution >= 4 is 39.4 Å². The van der Waals surface area contributed by atoms with Crippen molar-refractivity contribution in [3.8, 4) is 0 Å². The number of aromatic nitrogens is 1. The zero-order valence-corrected chi connectivity index (χ0v) is 13.3. The molecule has 1 aromatic rings. The molecule has 7 heteroatoms. The van der Waals surface area contributed by atoms with Crippen LogP contribution in [0.15, 0.2) is 16.7 Å². The van der Waals surface area contributed by atoms with Crippen molar-refractivity contribution in [1.29, 1.82) is 0 Å². The first-order valence-corrected chi connectivity index (χ1v) is 7.76. The minimum Gasteiger partial charge on any atom is -0.336 e. The molecule has 104 valence electrons. The summed E-state index contributed by atoms with van der Waals surface area (Å²) in [6, 6.07) is 1.75. The number of amides is 1. The van der Waals surface area contributed by atoms with E-state index in [9.17, 15) is 4.79 Å². The number of hydrogen-bond donors (Lipinski definition) is 2. The lowest BCUT2D eigenvalue weighted by molar-refractivity contribution is 0.0748. The molecule has 19 heavy (non-hydrogen) atoms. The maximum Gasteiger partial charge on any atom is 0.257 e. The molecule has 2 heterocycles. The number of anilines is 1. The van der Waals surface area contributed by atoms with Gasteiger partial charge in [-0.3, -0.25) is 4.79 Å². The Morgan fingerprint density at radius 1 is 1.63 bits per heavy atom. The molecular formula is C12H17BrN4OS. The molecule has 1 aliphatic rings. The monoisotopic (exact) mass is 344 g/mol. The third kappa shape index (κ3) is 3.40. The van der Waals surface area contributed by atoms with Crippen LogP contribution in [0.3, 0.4) is 0 Å². The second-order valence-electron chi connectivity index (χ2n) is 5.03. The van der Waals surface area contributed by atoms with Crippen LogP contribution in [0.5, 0.6) is 0 Å². The van der Waals surface area contributed by atoms with Gasteiger partial charge in [0.05, 0.1) is 5.56 Å². The van der Waals surface area contributed by atoms with Gasteiger partial charge in [0, 0.05) is 34.3 Å². The van der Waals surface area contributed by atoms with E-state index in [1.54, 1.807) is 12.3 Å². The van der Waals surface area contributed by atoms with Crippen molar-refractivity contribution in [1.82, 2.24) is 9.88 Å². The lowest BCUT2D eigenvalue weighted by Gasteiger charge is -2.37. The highest BCUT2D eigenvalue weighted by Crippen LogP contribution is 2.31. The minimum atomic E-state index is -0.0323. The molecule has 1 aliphatic heterocycles. The summed E-state index contributed by atoms with van der Waals surface area (Å²) in [5, 5.41) is 0. The van der Waals surface area contributed by atoms with Crippen LogP contribution in [0.2, 0.25) is 0 Å². The largest absolute Gasteiger partial charge is 0.336 e. The van der Waals surface area contributed by atoms with Crippen molar-refractivity contribution < 1.29 is 4.79 Å². The standard InChI is InChI=1S/C12H17BrN4OS/c1-12(2)7-17(3-4-19-12)11(18)9-5-8(13)6-15-10(9)16-14/h5-6H,3-4,7,14H2,1-2H3,(H,15,16). The van der Waals surface area contributed by atoms with E-state index in [0.717, 1.165) is 23.3 Å². The predicted octanol–water partition coefficient (Wildman–Crippen LogP) is 2.10. The van der Waals surface area contributed by atoms with Crippen molar-refractivity contribution in [2.24, 2.45) is 5.84 Å². The Balaban J connectivity index is 2.26. The van der Waals surface area contributed by atoms with Crippen molar-refractivity contribution in [2.75, 3.05) is 24.3 Å². The number of nitrogens with one attached hydrogen (secondary N) is 1. The molecule has 0 spiro atoms. The van der Waals surface area contributed by atoms with Crippen LogP contribution in [0.25, 0.3) is 0 Å². The van der Waals surface area contributed by atoms with E-state index >= 15 is 0 Å². The Labute approximate surface area is 125 Å². The maximum atomic E-state index is 12.6. The highest BCUT2D eigenvalue weighted by molar-refractivity contribution is 9.10. The highest BCUT2D eigenvalue weighted by Gasteiger charge is 2.31. The lowest BCUT2D eigenvalue weighted by atomic mass is 10.1. The summed E-state index contributed by atoms with van der Waals surface area (Å²) in [6.45, 7) is 5.78. The molecule has 5 nitrogen and oxygen atoms in total. The van der Waals surface area contributed by atoms with Crippen LogP contribution in [0, 0.1) is 0 Å². The lowest BCUT2D eigenvalue weighted by Crippen LogP contribution is -2.46. The fraction of sp³-hybridized carbons (Fsp3) is 0.500. The molecule has 1 amide bonds. The number of nitrogens with zero attached hydrogens (tertiary/aromatic N) is 2. The van der Waals surface area contributed by atoms with Gasteiger partial charge in [0.15, 0.2) is 5.82 Å². The SMILES string of the molecule is CC1(C)CN(C(=O)c2cc(Br)cnc2NN)CCS1. The summed E-state index contributed by atoms with van der Waals surface area (Å²) in [7, 11) is 0. The Morgan fingerprint density at radius 3 is 3.00 bits per heavy atom. The Morgan fingerprint density at radius 2 is 2.37 bits per heavy atom. The van der Waals surface area contributed by atoms with Crippen LogP contribution in [-0.4, -0.2) is 39.4 Å². The van der Waals surface area contributed by atoms with Gasteiger partial charge in [0.2, 0.25) is 0 Å². The fourth-order valence-electron chi connectivity index (χ4n) is 2.08. The summed E-state index contributed by atoms with van der Waals surface area (Å²) in [6.07, 6.45) is 1.61. The molecule has 1 saturated heterocycles. The summed E-state index contributed by atoms with van der Waals surface area (Å²) in [5.74, 6) is 6.74. The van der Waals surface area contributed by atoms with Gasteiger partial charge in [0.25, 0.3) is 5.91 Å². The quantitative estimate of drug-likeness (QED) is 0.635. The fourth-order valence-corrected chi connectivity index (χ4v) is 3.52. The number of nitrogens with two attached hydrogens (primary N) is 1. The molecule has 1 fully saturated rings. The van der Waals surface area contributed by atoms with Crippen LogP contribution >= 0.6 is 27.7 Å². The molecule has 0 aromatic carbocycles. The Kier molecular flexibility index (Phi) is 4.37. The second-order valence-corrected chi connectivity index (χ2v) is 7.75. The maximum absolute atomic E-state index is 12.6. The first kappa shape index (κ1) is 14.6. The molecule has 0 aliphatic carbocycles. The Bertz CT molecular complexity index is 495. The zero-order chi connectivity index (χ0) is 14.0. The van der Waals surface area contributed by atoms with E-state index in [1.807, 2.05) is 16.7 Å². The van der Waals surface area contributed by atoms with E-state index in [-0.39, 0.29) is 10.7 Å². The van der Waals surface area contributed by atoms with Crippen LogP contribution in [-0.2, 0) is 0 Å². The molecule has 0 radical (unpaired) electrons. The van der Waals surface area contributed by atoms with Gasteiger partial charge in [-0.05, 0) is 35.8 Å². The van der Waals surface area contributed by atoms with E-state index in [1.165, 1.54) is 0 Å². The number of carbonyl (C=O) groups is 1. The van der Waals surface area contributed by atoms with Gasteiger partial charge in [-0.25, -0.2) is 10.8 Å². The predicted molar refractivity (Wildman–Crippen MR) is 82.2 cm³/mol. The molecule has 0 unspecified atom stereocenters. The van der Waals surface area contributed by atoms with Gasteiger partial charge < -0.3 is 10.3 Å². The zero-order valence-electron chi connectivity index (χ0n) is 10.9.